The number of aromatic nitrogens is 1. The summed E-state index contributed by atoms with van der Waals surface area (Å²) in [5.74, 6) is 1.41. The third kappa shape index (κ3) is 9.89. The van der Waals surface area contributed by atoms with Crippen LogP contribution in [-0.4, -0.2) is 37.7 Å². The Hall–Kier alpha value is -1.87. The summed E-state index contributed by atoms with van der Waals surface area (Å²) in [5, 5.41) is 6.63. The molecular formula is C21H31IN4O2. The van der Waals surface area contributed by atoms with Gasteiger partial charge in [-0.2, -0.15) is 0 Å². The van der Waals surface area contributed by atoms with Crippen molar-refractivity contribution in [3.05, 3.63) is 59.8 Å². The lowest BCUT2D eigenvalue weighted by atomic mass is 10.2. The lowest BCUT2D eigenvalue weighted by Crippen LogP contribution is -2.37. The standard InChI is InChI=1S/C21H30N4O2.HI/c1-3-26-14-8-7-12-24-21(22-2)25-16-19-11-13-23-20(15-19)27-17-18-9-5-4-6-10-18;/h4-6,9-11,13,15H,3,7-8,12,14,16-17H2,1-2H3,(H2,22,24,25);1H. The van der Waals surface area contributed by atoms with Crippen LogP contribution in [0.15, 0.2) is 53.7 Å². The zero-order valence-corrected chi connectivity index (χ0v) is 19.0. The summed E-state index contributed by atoms with van der Waals surface area (Å²) in [5.41, 5.74) is 2.21. The first kappa shape index (κ1) is 24.2. The summed E-state index contributed by atoms with van der Waals surface area (Å²) in [6.07, 6.45) is 3.86. The maximum Gasteiger partial charge on any atom is 0.213 e. The Morgan fingerprint density at radius 1 is 1.07 bits per heavy atom. The highest BCUT2D eigenvalue weighted by atomic mass is 127. The van der Waals surface area contributed by atoms with E-state index in [9.17, 15) is 0 Å². The molecule has 7 heteroatoms. The molecule has 154 valence electrons. The Kier molecular flexibility index (Phi) is 13.0. The molecule has 6 nitrogen and oxygen atoms in total. The Balaban J connectivity index is 0.00000392. The van der Waals surface area contributed by atoms with E-state index in [1.54, 1.807) is 13.2 Å². The molecule has 2 rings (SSSR count). The van der Waals surface area contributed by atoms with Crippen molar-refractivity contribution in [1.82, 2.24) is 15.6 Å². The molecule has 1 heterocycles. The second-order valence-corrected chi connectivity index (χ2v) is 6.03. The van der Waals surface area contributed by atoms with Crippen molar-refractivity contribution in [3.63, 3.8) is 0 Å². The van der Waals surface area contributed by atoms with Crippen molar-refractivity contribution in [1.29, 1.82) is 0 Å². The van der Waals surface area contributed by atoms with Crippen LogP contribution >= 0.6 is 24.0 Å². The van der Waals surface area contributed by atoms with Gasteiger partial charge in [-0.05, 0) is 37.0 Å². The van der Waals surface area contributed by atoms with Crippen molar-refractivity contribution in [2.24, 2.45) is 4.99 Å². The summed E-state index contributed by atoms with van der Waals surface area (Å²) >= 11 is 0. The van der Waals surface area contributed by atoms with Crippen molar-refractivity contribution >= 4 is 29.9 Å². The predicted molar refractivity (Wildman–Crippen MR) is 124 cm³/mol. The SMILES string of the molecule is CCOCCCCNC(=NC)NCc1ccnc(OCc2ccccc2)c1.I. The molecule has 0 aliphatic carbocycles. The van der Waals surface area contributed by atoms with Gasteiger partial charge in [-0.1, -0.05) is 30.3 Å². The monoisotopic (exact) mass is 498 g/mol. The third-order valence-electron chi connectivity index (χ3n) is 3.92. The van der Waals surface area contributed by atoms with Crippen molar-refractivity contribution in [3.8, 4) is 5.88 Å². The minimum atomic E-state index is 0. The van der Waals surface area contributed by atoms with E-state index in [0.29, 0.717) is 19.0 Å². The molecule has 0 fully saturated rings. The van der Waals surface area contributed by atoms with Crippen LogP contribution < -0.4 is 15.4 Å². The van der Waals surface area contributed by atoms with Gasteiger partial charge in [0.2, 0.25) is 5.88 Å². The second kappa shape index (κ2) is 15.1. The van der Waals surface area contributed by atoms with E-state index in [4.69, 9.17) is 9.47 Å². The molecular weight excluding hydrogens is 467 g/mol. The molecule has 1 aromatic heterocycles. The van der Waals surface area contributed by atoms with Crippen LogP contribution in [0.1, 0.15) is 30.9 Å². The smallest absolute Gasteiger partial charge is 0.213 e. The summed E-state index contributed by atoms with van der Waals surface area (Å²) in [7, 11) is 1.77. The number of rotatable bonds is 11. The molecule has 0 unspecified atom stereocenters. The van der Waals surface area contributed by atoms with Crippen LogP contribution in [0.5, 0.6) is 5.88 Å². The predicted octanol–water partition coefficient (Wildman–Crippen LogP) is 3.76. The van der Waals surface area contributed by atoms with Crippen molar-refractivity contribution in [2.45, 2.75) is 32.9 Å². The van der Waals surface area contributed by atoms with E-state index in [1.165, 1.54) is 0 Å². The number of benzene rings is 1. The quantitative estimate of drug-likeness (QED) is 0.214. The molecule has 1 aromatic carbocycles. The largest absolute Gasteiger partial charge is 0.473 e. The first-order valence-electron chi connectivity index (χ1n) is 9.45. The molecule has 28 heavy (non-hydrogen) atoms. The van der Waals surface area contributed by atoms with Crippen molar-refractivity contribution in [2.75, 3.05) is 26.8 Å². The van der Waals surface area contributed by atoms with Crippen LogP contribution in [0.4, 0.5) is 0 Å². The average molecular weight is 498 g/mol. The molecule has 2 aromatic rings. The van der Waals surface area contributed by atoms with Gasteiger partial charge in [0.15, 0.2) is 5.96 Å². The summed E-state index contributed by atoms with van der Waals surface area (Å²) in [6.45, 7) is 5.64. The molecule has 0 spiro atoms. The van der Waals surface area contributed by atoms with Crippen LogP contribution in [-0.2, 0) is 17.9 Å². The van der Waals surface area contributed by atoms with Gasteiger partial charge in [0.25, 0.3) is 0 Å². The van der Waals surface area contributed by atoms with Gasteiger partial charge in [0.1, 0.15) is 6.61 Å². The van der Waals surface area contributed by atoms with Gasteiger partial charge in [-0.15, -0.1) is 24.0 Å². The number of nitrogens with one attached hydrogen (secondary N) is 2. The number of ether oxygens (including phenoxy) is 2. The van der Waals surface area contributed by atoms with Crippen LogP contribution in [0.25, 0.3) is 0 Å². The average Bonchev–Trinajstić information content (AvgIpc) is 2.72. The molecule has 0 aliphatic heterocycles. The number of nitrogens with zero attached hydrogens (tertiary/aromatic N) is 2. The van der Waals surface area contributed by atoms with E-state index in [2.05, 4.69) is 20.6 Å². The van der Waals surface area contributed by atoms with Gasteiger partial charge in [-0.3, -0.25) is 4.99 Å². The zero-order valence-electron chi connectivity index (χ0n) is 16.7. The van der Waals surface area contributed by atoms with Crippen LogP contribution in [0.2, 0.25) is 0 Å². The number of unbranched alkanes of at least 4 members (excludes halogenated alkanes) is 1. The molecule has 0 atom stereocenters. The summed E-state index contributed by atoms with van der Waals surface area (Å²) < 4.78 is 11.1. The summed E-state index contributed by atoms with van der Waals surface area (Å²) in [6, 6.07) is 14.0. The minimum absolute atomic E-state index is 0. The number of halogens is 1. The third-order valence-corrected chi connectivity index (χ3v) is 3.92. The first-order chi connectivity index (χ1) is 13.3. The van der Waals surface area contributed by atoms with Gasteiger partial charge >= 0.3 is 0 Å². The van der Waals surface area contributed by atoms with Gasteiger partial charge < -0.3 is 20.1 Å². The van der Waals surface area contributed by atoms with E-state index in [-0.39, 0.29) is 24.0 Å². The first-order valence-corrected chi connectivity index (χ1v) is 9.45. The molecule has 0 radical (unpaired) electrons. The maximum atomic E-state index is 5.78. The van der Waals surface area contributed by atoms with E-state index in [1.807, 2.05) is 49.4 Å². The number of guanidine groups is 1. The molecule has 0 amide bonds. The molecule has 0 aliphatic rings. The highest BCUT2D eigenvalue weighted by Crippen LogP contribution is 2.11. The Labute approximate surface area is 185 Å². The number of hydrogen-bond acceptors (Lipinski definition) is 4. The Morgan fingerprint density at radius 3 is 2.64 bits per heavy atom. The fourth-order valence-corrected chi connectivity index (χ4v) is 2.46. The maximum absolute atomic E-state index is 5.78. The number of pyridine rings is 1. The highest BCUT2D eigenvalue weighted by Gasteiger charge is 2.02. The summed E-state index contributed by atoms with van der Waals surface area (Å²) in [4.78, 5) is 8.53. The number of aliphatic imine (C=N–C) groups is 1. The topological polar surface area (TPSA) is 67.8 Å². The normalized spacial score (nSPS) is 10.9. The minimum Gasteiger partial charge on any atom is -0.473 e. The molecule has 0 saturated heterocycles. The lowest BCUT2D eigenvalue weighted by molar-refractivity contribution is 0.143. The molecule has 0 saturated carbocycles. The van der Waals surface area contributed by atoms with Crippen LogP contribution in [0, 0.1) is 0 Å². The van der Waals surface area contributed by atoms with E-state index >= 15 is 0 Å². The second-order valence-electron chi connectivity index (χ2n) is 6.03. The molecule has 2 N–H and O–H groups in total. The Morgan fingerprint density at radius 2 is 1.89 bits per heavy atom. The van der Waals surface area contributed by atoms with Gasteiger partial charge in [-0.25, -0.2) is 4.98 Å². The van der Waals surface area contributed by atoms with Gasteiger partial charge in [0, 0.05) is 45.6 Å². The fourth-order valence-electron chi connectivity index (χ4n) is 2.46. The Bertz CT molecular complexity index is 683. The highest BCUT2D eigenvalue weighted by molar-refractivity contribution is 14.0. The fraction of sp³-hybridized carbons (Fsp3) is 0.429. The lowest BCUT2D eigenvalue weighted by Gasteiger charge is -2.12. The van der Waals surface area contributed by atoms with Crippen LogP contribution in [0.3, 0.4) is 0 Å². The van der Waals surface area contributed by atoms with E-state index in [0.717, 1.165) is 49.7 Å². The van der Waals surface area contributed by atoms with E-state index < -0.39 is 0 Å². The zero-order chi connectivity index (χ0) is 19.2. The van der Waals surface area contributed by atoms with Crippen molar-refractivity contribution < 1.29 is 9.47 Å². The number of hydrogen-bond donors (Lipinski definition) is 2. The molecule has 0 bridgehead atoms. The van der Waals surface area contributed by atoms with Gasteiger partial charge in [0.05, 0.1) is 0 Å².